The molecule has 2 heterocycles. The van der Waals surface area contributed by atoms with Gasteiger partial charge in [0, 0.05) is 25.7 Å². The predicted molar refractivity (Wildman–Crippen MR) is 152 cm³/mol. The predicted octanol–water partition coefficient (Wildman–Crippen LogP) is 3.52. The molecule has 3 fully saturated rings. The van der Waals surface area contributed by atoms with Crippen molar-refractivity contribution in [2.45, 2.75) is 121 Å². The first-order chi connectivity index (χ1) is 21.6. The third-order valence-electron chi connectivity index (χ3n) is 7.67. The Morgan fingerprint density at radius 3 is 2.04 bits per heavy atom. The molecule has 15 heteroatoms. The Balaban J connectivity index is 1.71. The van der Waals surface area contributed by atoms with Gasteiger partial charge in [0.2, 0.25) is 0 Å². The molecule has 0 N–H and O–H groups in total. The Morgan fingerprint density at radius 2 is 1.42 bits per heavy atom. The van der Waals surface area contributed by atoms with E-state index in [4.69, 9.17) is 37.9 Å². The van der Waals surface area contributed by atoms with Crippen LogP contribution in [0.5, 0.6) is 0 Å². The number of azide groups is 1. The highest BCUT2D eigenvalue weighted by Gasteiger charge is 2.54. The van der Waals surface area contributed by atoms with Gasteiger partial charge >= 0.3 is 23.9 Å². The van der Waals surface area contributed by atoms with Gasteiger partial charge in [0.15, 0.2) is 37.0 Å². The normalized spacial score (nSPS) is 32.0. The second-order valence-corrected chi connectivity index (χ2v) is 11.1. The number of nitrogens with zero attached hydrogens (tertiary/aromatic N) is 3. The van der Waals surface area contributed by atoms with Gasteiger partial charge < -0.3 is 37.9 Å². The summed E-state index contributed by atoms with van der Waals surface area (Å²) in [5.41, 5.74) is 9.71. The Bertz CT molecular complexity index is 1240. The maximum atomic E-state index is 13.4. The Labute approximate surface area is 260 Å². The van der Waals surface area contributed by atoms with E-state index in [1.807, 2.05) is 0 Å². The van der Waals surface area contributed by atoms with Crippen LogP contribution in [-0.2, 0) is 52.3 Å². The van der Waals surface area contributed by atoms with Crippen molar-refractivity contribution >= 4 is 23.9 Å². The summed E-state index contributed by atoms with van der Waals surface area (Å²) in [5.74, 6) is -2.90. The molecule has 1 aromatic carbocycles. The van der Waals surface area contributed by atoms with E-state index < -0.39 is 79.1 Å². The Hall–Kier alpha value is -3.75. The highest BCUT2D eigenvalue weighted by molar-refractivity contribution is 5.89. The minimum Gasteiger partial charge on any atom is -0.456 e. The summed E-state index contributed by atoms with van der Waals surface area (Å²) in [7, 11) is 0. The lowest BCUT2D eigenvalue weighted by Crippen LogP contribution is -2.64. The summed E-state index contributed by atoms with van der Waals surface area (Å²) in [6.07, 6.45) is -5.40. The fraction of sp³-hybridized carbons (Fsp3) is 0.667. The monoisotopic (exact) mass is 633 g/mol. The van der Waals surface area contributed by atoms with Gasteiger partial charge in [-0.1, -0.05) is 42.6 Å². The van der Waals surface area contributed by atoms with Gasteiger partial charge in [-0.15, -0.1) is 0 Å². The summed E-state index contributed by atoms with van der Waals surface area (Å²) in [4.78, 5) is 52.4. The molecule has 45 heavy (non-hydrogen) atoms. The molecular formula is C30H39N3O12. The number of carbonyl (C=O) groups is 4. The quantitative estimate of drug-likeness (QED) is 0.120. The summed E-state index contributed by atoms with van der Waals surface area (Å²) >= 11 is 0. The van der Waals surface area contributed by atoms with Gasteiger partial charge in [-0.25, -0.2) is 4.79 Å². The number of carbonyl (C=O) groups excluding carboxylic acids is 4. The maximum Gasteiger partial charge on any atom is 0.338 e. The SMILES string of the molecule is CC(=O)O[C@@H]1[C@@H](OC(C)=O)[C@H](O[C@H]2[C@@H](N=[N+]=[N-])[C@@H](C)O[C@@H](OC3CCCCC3)[C@@H]2OC(=O)c2ccccc2)OC[C@H]1OC(C)=O. The maximum absolute atomic E-state index is 13.4. The lowest BCUT2D eigenvalue weighted by molar-refractivity contribution is -0.335. The summed E-state index contributed by atoms with van der Waals surface area (Å²) in [6.45, 7) is 4.80. The van der Waals surface area contributed by atoms with Crippen molar-refractivity contribution in [1.82, 2.24) is 0 Å². The largest absolute Gasteiger partial charge is 0.456 e. The van der Waals surface area contributed by atoms with Crippen LogP contribution in [0.1, 0.15) is 70.2 Å². The van der Waals surface area contributed by atoms with E-state index in [2.05, 4.69) is 10.0 Å². The number of esters is 4. The molecule has 9 atom stereocenters. The second kappa shape index (κ2) is 16.0. The topological polar surface area (TPSA) is 191 Å². The molecule has 2 saturated heterocycles. The molecule has 1 aliphatic carbocycles. The van der Waals surface area contributed by atoms with Crippen molar-refractivity contribution in [3.8, 4) is 0 Å². The van der Waals surface area contributed by atoms with E-state index in [1.165, 1.54) is 6.92 Å². The van der Waals surface area contributed by atoms with Crippen LogP contribution in [0.15, 0.2) is 35.4 Å². The number of hydrogen-bond donors (Lipinski definition) is 0. The van der Waals surface area contributed by atoms with E-state index in [-0.39, 0.29) is 18.3 Å². The summed E-state index contributed by atoms with van der Waals surface area (Å²) < 4.78 is 47.0. The fourth-order valence-electron chi connectivity index (χ4n) is 5.73. The summed E-state index contributed by atoms with van der Waals surface area (Å²) in [5, 5.41) is 3.90. The van der Waals surface area contributed by atoms with E-state index in [0.29, 0.717) is 0 Å². The van der Waals surface area contributed by atoms with Crippen molar-refractivity contribution < 1.29 is 57.1 Å². The third-order valence-corrected chi connectivity index (χ3v) is 7.67. The smallest absolute Gasteiger partial charge is 0.338 e. The first-order valence-electron chi connectivity index (χ1n) is 15.0. The van der Waals surface area contributed by atoms with Gasteiger partial charge in [-0.05, 0) is 37.4 Å². The summed E-state index contributed by atoms with van der Waals surface area (Å²) in [6, 6.07) is 7.18. The van der Waals surface area contributed by atoms with Crippen molar-refractivity contribution in [3.05, 3.63) is 46.3 Å². The average molecular weight is 634 g/mol. The van der Waals surface area contributed by atoms with Crippen LogP contribution in [0.2, 0.25) is 0 Å². The molecule has 15 nitrogen and oxygen atoms in total. The van der Waals surface area contributed by atoms with Gasteiger partial charge in [-0.2, -0.15) is 0 Å². The first-order valence-corrected chi connectivity index (χ1v) is 15.0. The van der Waals surface area contributed by atoms with Crippen LogP contribution in [0.4, 0.5) is 0 Å². The molecule has 246 valence electrons. The zero-order chi connectivity index (χ0) is 32.5. The molecule has 0 unspecified atom stereocenters. The van der Waals surface area contributed by atoms with Crippen molar-refractivity contribution in [3.63, 3.8) is 0 Å². The van der Waals surface area contributed by atoms with Crippen LogP contribution in [0.3, 0.4) is 0 Å². The highest BCUT2D eigenvalue weighted by Crippen LogP contribution is 2.35. The molecule has 1 aromatic rings. The number of benzene rings is 1. The van der Waals surface area contributed by atoms with Crippen LogP contribution < -0.4 is 0 Å². The molecule has 2 aliphatic heterocycles. The Morgan fingerprint density at radius 1 is 0.800 bits per heavy atom. The van der Waals surface area contributed by atoms with E-state index in [1.54, 1.807) is 37.3 Å². The van der Waals surface area contributed by atoms with Gasteiger partial charge in [-0.3, -0.25) is 14.4 Å². The highest BCUT2D eigenvalue weighted by atomic mass is 16.8. The molecule has 0 aromatic heterocycles. The zero-order valence-electron chi connectivity index (χ0n) is 25.6. The van der Waals surface area contributed by atoms with Crippen LogP contribution in [-0.4, -0.2) is 91.8 Å². The zero-order valence-corrected chi connectivity index (χ0v) is 25.6. The molecule has 0 amide bonds. The van der Waals surface area contributed by atoms with Crippen LogP contribution in [0, 0.1) is 0 Å². The first kappa shape index (κ1) is 34.1. The van der Waals surface area contributed by atoms with E-state index in [0.717, 1.165) is 46.0 Å². The van der Waals surface area contributed by atoms with Crippen LogP contribution in [0.25, 0.3) is 10.4 Å². The lowest BCUT2D eigenvalue weighted by atomic mass is 9.95. The van der Waals surface area contributed by atoms with Gasteiger partial charge in [0.25, 0.3) is 0 Å². The number of rotatable bonds is 10. The lowest BCUT2D eigenvalue weighted by Gasteiger charge is -2.47. The molecule has 0 radical (unpaired) electrons. The van der Waals surface area contributed by atoms with Crippen molar-refractivity contribution in [2.24, 2.45) is 5.11 Å². The molecular weight excluding hydrogens is 594 g/mol. The van der Waals surface area contributed by atoms with E-state index >= 15 is 0 Å². The molecule has 4 rings (SSSR count). The molecule has 1 saturated carbocycles. The van der Waals surface area contributed by atoms with Gasteiger partial charge in [0.1, 0.15) is 6.10 Å². The van der Waals surface area contributed by atoms with Gasteiger partial charge in [0.05, 0.1) is 30.4 Å². The van der Waals surface area contributed by atoms with E-state index in [9.17, 15) is 24.7 Å². The minimum absolute atomic E-state index is 0.178. The molecule has 3 aliphatic rings. The number of hydrogen-bond acceptors (Lipinski definition) is 13. The fourth-order valence-corrected chi connectivity index (χ4v) is 5.73. The third kappa shape index (κ3) is 9.14. The standard InChI is InChI=1S/C30H39N3O12/c1-16-23(32-33-31)25(45-29-26(42-19(4)36)24(41-18(3)35)22(15-38-29)40-17(2)34)27(44-28(37)20-11-7-5-8-12-20)30(39-16)43-21-13-9-6-10-14-21/h5,7-8,11-12,16,21-27,29-30H,6,9-10,13-15H2,1-4H3/t16-,22-,23+,24+,25+,26-,27-,29+,30+/m1/s1. The Kier molecular flexibility index (Phi) is 12.1. The second-order valence-electron chi connectivity index (χ2n) is 11.1. The van der Waals surface area contributed by atoms with Crippen LogP contribution >= 0.6 is 0 Å². The average Bonchev–Trinajstić information content (AvgIpc) is 2.99. The molecule has 0 spiro atoms. The van der Waals surface area contributed by atoms with Crippen molar-refractivity contribution in [2.75, 3.05) is 6.61 Å². The minimum atomic E-state index is -1.45. The molecule has 0 bridgehead atoms. The number of ether oxygens (including phenoxy) is 8. The van der Waals surface area contributed by atoms with Crippen molar-refractivity contribution in [1.29, 1.82) is 0 Å².